The zero-order valence-electron chi connectivity index (χ0n) is 18.0. The number of halogens is 1. The van der Waals surface area contributed by atoms with E-state index in [-0.39, 0.29) is 53.2 Å². The van der Waals surface area contributed by atoms with Gasteiger partial charge in [0.05, 0.1) is 25.8 Å². The number of hydrogen-bond acceptors (Lipinski definition) is 8. The van der Waals surface area contributed by atoms with Crippen LogP contribution in [-0.4, -0.2) is 57.9 Å². The first kappa shape index (κ1) is 23.7. The Kier molecular flexibility index (Phi) is 5.83. The number of rotatable bonds is 5. The average Bonchev–Trinajstić information content (AvgIpc) is 3.01. The molecule has 0 amide bonds. The number of hydrogen-bond donors (Lipinski definition) is 0. The summed E-state index contributed by atoms with van der Waals surface area (Å²) < 4.78 is 30.0. The molecule has 1 aliphatic rings. The van der Waals surface area contributed by atoms with E-state index in [0.29, 0.717) is 11.0 Å². The van der Waals surface area contributed by atoms with Crippen LogP contribution in [0.4, 0.5) is 17.1 Å². The van der Waals surface area contributed by atoms with Gasteiger partial charge in [-0.25, -0.2) is 13.2 Å². The van der Waals surface area contributed by atoms with Crippen molar-refractivity contribution in [3.63, 3.8) is 0 Å². The summed E-state index contributed by atoms with van der Waals surface area (Å²) in [6.45, 7) is 0.285. The highest BCUT2D eigenvalue weighted by molar-refractivity contribution is 7.89. The van der Waals surface area contributed by atoms with E-state index in [9.17, 15) is 33.4 Å². The third-order valence-corrected chi connectivity index (χ3v) is 8.11. The number of piperazine rings is 1. The Labute approximate surface area is 197 Å². The third-order valence-electron chi connectivity index (χ3n) is 5.90. The van der Waals surface area contributed by atoms with E-state index >= 15 is 0 Å². The van der Waals surface area contributed by atoms with Gasteiger partial charge < -0.3 is 4.90 Å². The summed E-state index contributed by atoms with van der Waals surface area (Å²) in [6.07, 6.45) is 0. The number of sulfonamides is 1. The standard InChI is InChI=1S/C19H19ClN6O7S/c1-21-15-10-17(18(26(30)31)11-16(15)22(2)19(21)27)23-5-7-24(8-6-23)34(32,33)12-3-4-13(20)14(9-12)25(28)29/h3-4,9-11H,5-8H2,1-2H3. The fourth-order valence-electron chi connectivity index (χ4n) is 4.03. The van der Waals surface area contributed by atoms with Gasteiger partial charge in [-0.15, -0.1) is 0 Å². The molecule has 1 aliphatic heterocycles. The van der Waals surface area contributed by atoms with Gasteiger partial charge in [-0.3, -0.25) is 29.4 Å². The second-order valence-electron chi connectivity index (χ2n) is 7.75. The number of aryl methyl sites for hydroxylation is 2. The first-order valence-corrected chi connectivity index (χ1v) is 11.8. The van der Waals surface area contributed by atoms with Crippen LogP contribution in [0.2, 0.25) is 5.02 Å². The molecule has 1 fully saturated rings. The van der Waals surface area contributed by atoms with Gasteiger partial charge in [-0.05, 0) is 18.2 Å². The number of nitrogens with zero attached hydrogens (tertiary/aromatic N) is 6. The molecule has 0 radical (unpaired) electrons. The molecule has 2 heterocycles. The molecule has 0 saturated carbocycles. The van der Waals surface area contributed by atoms with Crippen LogP contribution in [0.15, 0.2) is 40.0 Å². The Balaban J connectivity index is 1.64. The van der Waals surface area contributed by atoms with Crippen molar-refractivity contribution in [2.45, 2.75) is 4.90 Å². The predicted molar refractivity (Wildman–Crippen MR) is 124 cm³/mol. The van der Waals surface area contributed by atoms with E-state index in [1.807, 2.05) is 0 Å². The van der Waals surface area contributed by atoms with Gasteiger partial charge in [0.25, 0.3) is 11.4 Å². The molecule has 180 valence electrons. The average molecular weight is 511 g/mol. The van der Waals surface area contributed by atoms with Gasteiger partial charge in [0.2, 0.25) is 10.0 Å². The molecule has 0 N–H and O–H groups in total. The first-order valence-electron chi connectivity index (χ1n) is 9.96. The van der Waals surface area contributed by atoms with Crippen LogP contribution in [0.5, 0.6) is 0 Å². The number of anilines is 1. The van der Waals surface area contributed by atoms with Gasteiger partial charge in [-0.1, -0.05) is 11.6 Å². The lowest BCUT2D eigenvalue weighted by Gasteiger charge is -2.35. The number of imidazole rings is 1. The molecule has 0 aliphatic carbocycles. The molecule has 3 aromatic rings. The molecule has 1 saturated heterocycles. The van der Waals surface area contributed by atoms with E-state index in [1.165, 1.54) is 32.6 Å². The van der Waals surface area contributed by atoms with E-state index in [0.717, 1.165) is 12.1 Å². The van der Waals surface area contributed by atoms with Crippen molar-refractivity contribution in [2.75, 3.05) is 31.1 Å². The van der Waals surface area contributed by atoms with Gasteiger partial charge in [0, 0.05) is 52.4 Å². The molecule has 2 aromatic carbocycles. The molecule has 0 unspecified atom stereocenters. The maximum atomic E-state index is 13.0. The lowest BCUT2D eigenvalue weighted by molar-refractivity contribution is -0.384. The van der Waals surface area contributed by atoms with Gasteiger partial charge in [0.15, 0.2) is 0 Å². The summed E-state index contributed by atoms with van der Waals surface area (Å²) >= 11 is 5.78. The van der Waals surface area contributed by atoms with Gasteiger partial charge >= 0.3 is 5.69 Å². The molecule has 1 aromatic heterocycles. The minimum atomic E-state index is -4.05. The summed E-state index contributed by atoms with van der Waals surface area (Å²) in [6, 6.07) is 6.17. The largest absolute Gasteiger partial charge is 0.363 e. The number of benzene rings is 2. The van der Waals surface area contributed by atoms with E-state index < -0.39 is 25.6 Å². The summed E-state index contributed by atoms with van der Waals surface area (Å²) in [5, 5.41) is 22.7. The van der Waals surface area contributed by atoms with Crippen molar-refractivity contribution in [3.05, 3.63) is 66.1 Å². The van der Waals surface area contributed by atoms with Crippen molar-refractivity contribution >= 4 is 49.7 Å². The summed E-state index contributed by atoms with van der Waals surface area (Å²) in [5.74, 6) is 0. The van der Waals surface area contributed by atoms with Gasteiger partial charge in [0.1, 0.15) is 10.7 Å². The van der Waals surface area contributed by atoms with E-state index in [4.69, 9.17) is 11.6 Å². The quantitative estimate of drug-likeness (QED) is 0.372. The zero-order valence-corrected chi connectivity index (χ0v) is 19.6. The highest BCUT2D eigenvalue weighted by Crippen LogP contribution is 2.34. The smallest absolute Gasteiger partial charge is 0.328 e. The number of nitro groups is 2. The maximum Gasteiger partial charge on any atom is 0.328 e. The number of nitro benzene ring substituents is 2. The summed E-state index contributed by atoms with van der Waals surface area (Å²) in [7, 11) is -0.957. The van der Waals surface area contributed by atoms with Crippen LogP contribution in [0.25, 0.3) is 11.0 Å². The third kappa shape index (κ3) is 3.78. The second kappa shape index (κ2) is 8.38. The van der Waals surface area contributed by atoms with Crippen molar-refractivity contribution in [3.8, 4) is 0 Å². The van der Waals surface area contributed by atoms with Gasteiger partial charge in [-0.2, -0.15) is 4.31 Å². The number of aromatic nitrogens is 2. The molecule has 0 spiro atoms. The van der Waals surface area contributed by atoms with E-state index in [2.05, 4.69) is 0 Å². The fourth-order valence-corrected chi connectivity index (χ4v) is 5.66. The van der Waals surface area contributed by atoms with Crippen LogP contribution in [-0.2, 0) is 24.1 Å². The normalized spacial score (nSPS) is 15.1. The van der Waals surface area contributed by atoms with Crippen molar-refractivity contribution < 1.29 is 18.3 Å². The summed E-state index contributed by atoms with van der Waals surface area (Å²) in [4.78, 5) is 35.3. The van der Waals surface area contributed by atoms with Crippen molar-refractivity contribution in [1.29, 1.82) is 0 Å². The second-order valence-corrected chi connectivity index (χ2v) is 10.1. The molecule has 4 rings (SSSR count). The zero-order chi connectivity index (χ0) is 24.9. The first-order chi connectivity index (χ1) is 15.9. The molecule has 34 heavy (non-hydrogen) atoms. The molecule has 0 bridgehead atoms. The summed E-state index contributed by atoms with van der Waals surface area (Å²) in [5.41, 5.74) is 0.162. The highest BCUT2D eigenvalue weighted by Gasteiger charge is 2.32. The Morgan fingerprint density at radius 1 is 0.882 bits per heavy atom. The Bertz CT molecular complexity index is 1510. The van der Waals surface area contributed by atoms with Crippen LogP contribution in [0.3, 0.4) is 0 Å². The minimum Gasteiger partial charge on any atom is -0.363 e. The Hall–Kier alpha value is -3.49. The lowest BCUT2D eigenvalue weighted by Crippen LogP contribution is -2.48. The van der Waals surface area contributed by atoms with Crippen LogP contribution in [0, 0.1) is 20.2 Å². The molecular formula is C19H19ClN6O7S. The Morgan fingerprint density at radius 3 is 2.00 bits per heavy atom. The molecule has 0 atom stereocenters. The topological polar surface area (TPSA) is 154 Å². The van der Waals surface area contributed by atoms with Crippen LogP contribution in [0.1, 0.15) is 0 Å². The fraction of sp³-hybridized carbons (Fsp3) is 0.316. The molecule has 15 heteroatoms. The molecule has 13 nitrogen and oxygen atoms in total. The van der Waals surface area contributed by atoms with Crippen LogP contribution < -0.4 is 10.6 Å². The monoisotopic (exact) mass is 510 g/mol. The maximum absolute atomic E-state index is 13.0. The SMILES string of the molecule is Cn1c(=O)n(C)c2cc([N+](=O)[O-])c(N3CCN(S(=O)(=O)c4ccc(Cl)c([N+](=O)[O-])c4)CC3)cc21. The predicted octanol–water partition coefficient (Wildman–Crippen LogP) is 1.86. The number of fused-ring (bicyclic) bond motifs is 1. The van der Waals surface area contributed by atoms with E-state index in [1.54, 1.807) is 18.0 Å². The van der Waals surface area contributed by atoms with Crippen molar-refractivity contribution in [1.82, 2.24) is 13.4 Å². The lowest BCUT2D eigenvalue weighted by atomic mass is 10.2. The van der Waals surface area contributed by atoms with Crippen molar-refractivity contribution in [2.24, 2.45) is 14.1 Å². The molecular weight excluding hydrogens is 492 g/mol. The minimum absolute atomic E-state index is 0.00166. The highest BCUT2D eigenvalue weighted by atomic mass is 35.5. The van der Waals surface area contributed by atoms with Crippen LogP contribution >= 0.6 is 11.6 Å². The Morgan fingerprint density at radius 2 is 1.44 bits per heavy atom.